The van der Waals surface area contributed by atoms with Crippen LogP contribution >= 0.6 is 0 Å². The largest absolute Gasteiger partial charge is 0.326 e. The van der Waals surface area contributed by atoms with Gasteiger partial charge in [0, 0.05) is 17.3 Å². The summed E-state index contributed by atoms with van der Waals surface area (Å²) in [5.41, 5.74) is 3.73. The van der Waals surface area contributed by atoms with Crippen molar-refractivity contribution >= 4 is 23.2 Å². The Kier molecular flexibility index (Phi) is 7.67. The summed E-state index contributed by atoms with van der Waals surface area (Å²) >= 11 is 0. The molecule has 4 nitrogen and oxygen atoms in total. The van der Waals surface area contributed by atoms with E-state index in [4.69, 9.17) is 0 Å². The number of hydrogen-bond donors (Lipinski definition) is 2. The highest BCUT2D eigenvalue weighted by Crippen LogP contribution is 2.26. The van der Waals surface area contributed by atoms with Gasteiger partial charge >= 0.3 is 0 Å². The van der Waals surface area contributed by atoms with Crippen LogP contribution in [0.1, 0.15) is 69.9 Å². The predicted molar refractivity (Wildman–Crippen MR) is 124 cm³/mol. The van der Waals surface area contributed by atoms with E-state index in [9.17, 15) is 9.59 Å². The molecule has 160 valence electrons. The van der Waals surface area contributed by atoms with Crippen LogP contribution in [0.15, 0.2) is 48.5 Å². The number of benzene rings is 2. The van der Waals surface area contributed by atoms with Gasteiger partial charge in [-0.25, -0.2) is 0 Å². The number of nitrogens with one attached hydrogen (secondary N) is 2. The van der Waals surface area contributed by atoms with Crippen molar-refractivity contribution in [3.05, 3.63) is 59.7 Å². The summed E-state index contributed by atoms with van der Waals surface area (Å²) in [6.07, 6.45) is 6.46. The van der Waals surface area contributed by atoms with Crippen LogP contribution < -0.4 is 10.6 Å². The van der Waals surface area contributed by atoms with E-state index in [-0.39, 0.29) is 23.7 Å². The van der Waals surface area contributed by atoms with E-state index in [0.717, 1.165) is 43.4 Å². The van der Waals surface area contributed by atoms with Gasteiger partial charge in [-0.2, -0.15) is 0 Å². The first kappa shape index (κ1) is 22.1. The van der Waals surface area contributed by atoms with Crippen LogP contribution in [-0.4, -0.2) is 11.8 Å². The highest BCUT2D eigenvalue weighted by molar-refractivity contribution is 5.97. The Morgan fingerprint density at radius 2 is 1.53 bits per heavy atom. The van der Waals surface area contributed by atoms with Gasteiger partial charge in [0.05, 0.1) is 5.92 Å². The molecule has 1 atom stereocenters. The third kappa shape index (κ3) is 6.19. The third-order valence-corrected chi connectivity index (χ3v) is 5.89. The summed E-state index contributed by atoms with van der Waals surface area (Å²) in [5, 5.41) is 6.01. The summed E-state index contributed by atoms with van der Waals surface area (Å²) < 4.78 is 0. The topological polar surface area (TPSA) is 58.2 Å². The quantitative estimate of drug-likeness (QED) is 0.580. The molecule has 2 aromatic rings. The molecule has 2 N–H and O–H groups in total. The average Bonchev–Trinajstić information content (AvgIpc) is 2.74. The third-order valence-electron chi connectivity index (χ3n) is 5.89. The first-order chi connectivity index (χ1) is 14.4. The molecule has 1 unspecified atom stereocenters. The molecule has 0 bridgehead atoms. The van der Waals surface area contributed by atoms with E-state index in [1.54, 1.807) is 0 Å². The van der Waals surface area contributed by atoms with E-state index in [1.807, 2.05) is 43.3 Å². The van der Waals surface area contributed by atoms with E-state index in [0.29, 0.717) is 11.6 Å². The van der Waals surface area contributed by atoms with Crippen molar-refractivity contribution in [2.24, 2.45) is 11.8 Å². The summed E-state index contributed by atoms with van der Waals surface area (Å²) in [7, 11) is 0. The Morgan fingerprint density at radius 3 is 2.17 bits per heavy atom. The van der Waals surface area contributed by atoms with Gasteiger partial charge in [0.1, 0.15) is 0 Å². The zero-order chi connectivity index (χ0) is 21.5. The fourth-order valence-electron chi connectivity index (χ4n) is 4.10. The number of hydrogen-bond acceptors (Lipinski definition) is 2. The predicted octanol–water partition coefficient (Wildman–Crippen LogP) is 6.15. The van der Waals surface area contributed by atoms with Crippen LogP contribution in [0.5, 0.6) is 0 Å². The second kappa shape index (κ2) is 10.4. The molecule has 0 spiro atoms. The normalized spacial score (nSPS) is 15.6. The SMILES string of the molecule is CC(C)Cc1ccc(C(C)C(=O)Nc2cccc(NC(=O)C3CCCCC3)c2)cc1. The lowest BCUT2D eigenvalue weighted by molar-refractivity contribution is -0.120. The highest BCUT2D eigenvalue weighted by Gasteiger charge is 2.21. The zero-order valence-electron chi connectivity index (χ0n) is 18.4. The van der Waals surface area contributed by atoms with Crippen molar-refractivity contribution in [1.29, 1.82) is 0 Å². The maximum Gasteiger partial charge on any atom is 0.231 e. The molecule has 0 heterocycles. The molecular weight excluding hydrogens is 372 g/mol. The lowest BCUT2D eigenvalue weighted by atomic mass is 9.88. The molecule has 4 heteroatoms. The fraction of sp³-hybridized carbons (Fsp3) is 0.462. The van der Waals surface area contributed by atoms with Crippen LogP contribution in [0.25, 0.3) is 0 Å². The number of anilines is 2. The van der Waals surface area contributed by atoms with Gasteiger partial charge in [-0.1, -0.05) is 63.4 Å². The summed E-state index contributed by atoms with van der Waals surface area (Å²) in [5.74, 6) is 0.507. The molecule has 0 aromatic heterocycles. The Hall–Kier alpha value is -2.62. The number of amides is 2. The molecule has 1 aliphatic carbocycles. The average molecular weight is 407 g/mol. The summed E-state index contributed by atoms with van der Waals surface area (Å²) in [6.45, 7) is 6.33. The molecule has 1 aliphatic rings. The smallest absolute Gasteiger partial charge is 0.231 e. The minimum Gasteiger partial charge on any atom is -0.326 e. The van der Waals surface area contributed by atoms with Gasteiger partial charge in [0.15, 0.2) is 0 Å². The summed E-state index contributed by atoms with van der Waals surface area (Å²) in [6, 6.07) is 15.7. The molecule has 0 aliphatic heterocycles. The van der Waals surface area contributed by atoms with Crippen molar-refractivity contribution in [2.75, 3.05) is 10.6 Å². The Labute approximate surface area is 180 Å². The van der Waals surface area contributed by atoms with Gasteiger partial charge in [-0.3, -0.25) is 9.59 Å². The van der Waals surface area contributed by atoms with E-state index in [2.05, 4.69) is 36.6 Å². The first-order valence-electron chi connectivity index (χ1n) is 11.2. The van der Waals surface area contributed by atoms with Crippen LogP contribution in [0.4, 0.5) is 11.4 Å². The van der Waals surface area contributed by atoms with Crippen LogP contribution in [0.2, 0.25) is 0 Å². The number of rotatable bonds is 7. The Balaban J connectivity index is 1.59. The van der Waals surface area contributed by atoms with Gasteiger partial charge < -0.3 is 10.6 Å². The molecule has 0 radical (unpaired) electrons. The van der Waals surface area contributed by atoms with E-state index in [1.165, 1.54) is 12.0 Å². The van der Waals surface area contributed by atoms with Gasteiger partial charge in [0.2, 0.25) is 11.8 Å². The molecule has 2 aromatic carbocycles. The molecule has 30 heavy (non-hydrogen) atoms. The molecule has 1 saturated carbocycles. The zero-order valence-corrected chi connectivity index (χ0v) is 18.4. The van der Waals surface area contributed by atoms with Crippen molar-refractivity contribution in [2.45, 2.75) is 65.2 Å². The lowest BCUT2D eigenvalue weighted by Gasteiger charge is -2.21. The monoisotopic (exact) mass is 406 g/mol. The van der Waals surface area contributed by atoms with Gasteiger partial charge in [-0.05, 0) is 61.4 Å². The Morgan fingerprint density at radius 1 is 0.900 bits per heavy atom. The van der Waals surface area contributed by atoms with Crippen molar-refractivity contribution < 1.29 is 9.59 Å². The van der Waals surface area contributed by atoms with Crippen molar-refractivity contribution in [1.82, 2.24) is 0 Å². The van der Waals surface area contributed by atoms with Gasteiger partial charge in [0.25, 0.3) is 0 Å². The maximum atomic E-state index is 12.8. The maximum absolute atomic E-state index is 12.8. The lowest BCUT2D eigenvalue weighted by Crippen LogP contribution is -2.24. The minimum atomic E-state index is -0.251. The van der Waals surface area contributed by atoms with Crippen LogP contribution in [0.3, 0.4) is 0 Å². The second-order valence-corrected chi connectivity index (χ2v) is 8.96. The standard InChI is InChI=1S/C26H34N2O2/c1-18(2)16-20-12-14-21(15-13-20)19(3)25(29)27-23-10-7-11-24(17-23)28-26(30)22-8-5-4-6-9-22/h7,10-15,17-19,22H,4-6,8-9,16H2,1-3H3,(H,27,29)(H,28,30). The minimum absolute atomic E-state index is 0.0534. The molecule has 0 saturated heterocycles. The van der Waals surface area contributed by atoms with Crippen LogP contribution in [-0.2, 0) is 16.0 Å². The Bertz CT molecular complexity index is 852. The van der Waals surface area contributed by atoms with Crippen molar-refractivity contribution in [3.8, 4) is 0 Å². The fourth-order valence-corrected chi connectivity index (χ4v) is 4.10. The van der Waals surface area contributed by atoms with Crippen LogP contribution in [0, 0.1) is 11.8 Å². The van der Waals surface area contributed by atoms with Gasteiger partial charge in [-0.15, -0.1) is 0 Å². The number of carbonyl (C=O) groups excluding carboxylic acids is 2. The van der Waals surface area contributed by atoms with E-state index < -0.39 is 0 Å². The molecular formula is C26H34N2O2. The van der Waals surface area contributed by atoms with E-state index >= 15 is 0 Å². The molecule has 1 fully saturated rings. The highest BCUT2D eigenvalue weighted by atomic mass is 16.2. The second-order valence-electron chi connectivity index (χ2n) is 8.96. The first-order valence-corrected chi connectivity index (χ1v) is 11.2. The summed E-state index contributed by atoms with van der Waals surface area (Å²) in [4.78, 5) is 25.2. The molecule has 2 amide bonds. The number of carbonyl (C=O) groups is 2. The van der Waals surface area contributed by atoms with Crippen molar-refractivity contribution in [3.63, 3.8) is 0 Å². The molecule has 3 rings (SSSR count).